The highest BCUT2D eigenvalue weighted by Crippen LogP contribution is 2.23. The lowest BCUT2D eigenvalue weighted by atomic mass is 10.0. The molecule has 4 rings (SSSR count). The highest BCUT2D eigenvalue weighted by atomic mass is 16.5. The van der Waals surface area contributed by atoms with Crippen LogP contribution >= 0.6 is 0 Å². The SMILES string of the molecule is Nc1ccc(-c2ccc(CCC(=O)NC[C@H](NC(=O)CCN3C(=O)c4ccccc4C3=O)C(=O)NO)cc2)cc1. The number of hydrogen-bond acceptors (Lipinski definition) is 7. The third-order valence-electron chi connectivity index (χ3n) is 6.54. The predicted octanol–water partition coefficient (Wildman–Crippen LogP) is 1.66. The van der Waals surface area contributed by atoms with E-state index in [0.717, 1.165) is 21.6 Å². The number of nitrogens with one attached hydrogen (secondary N) is 3. The van der Waals surface area contributed by atoms with Crippen molar-refractivity contribution in [3.8, 4) is 11.1 Å². The molecule has 0 bridgehead atoms. The number of carbonyl (C=O) groups is 5. The second-order valence-corrected chi connectivity index (χ2v) is 9.28. The molecule has 0 saturated carbocycles. The molecular formula is C29H29N5O6. The number of nitrogen functional groups attached to an aromatic ring is 1. The van der Waals surface area contributed by atoms with Gasteiger partial charge in [0.1, 0.15) is 6.04 Å². The monoisotopic (exact) mass is 543 g/mol. The molecule has 0 fully saturated rings. The molecule has 0 radical (unpaired) electrons. The maximum atomic E-state index is 12.5. The van der Waals surface area contributed by atoms with Gasteiger partial charge in [-0.25, -0.2) is 5.48 Å². The molecule has 11 heteroatoms. The summed E-state index contributed by atoms with van der Waals surface area (Å²) in [6, 6.07) is 20.4. The Morgan fingerprint density at radius 2 is 1.38 bits per heavy atom. The maximum absolute atomic E-state index is 12.5. The number of rotatable bonds is 11. The van der Waals surface area contributed by atoms with E-state index in [1.807, 2.05) is 48.5 Å². The van der Waals surface area contributed by atoms with Crippen LogP contribution in [0.25, 0.3) is 11.1 Å². The van der Waals surface area contributed by atoms with Crippen molar-refractivity contribution in [3.05, 3.63) is 89.5 Å². The largest absolute Gasteiger partial charge is 0.399 e. The Kier molecular flexibility index (Phi) is 8.87. The highest BCUT2D eigenvalue weighted by molar-refractivity contribution is 6.21. The Morgan fingerprint density at radius 3 is 1.95 bits per heavy atom. The first-order valence-corrected chi connectivity index (χ1v) is 12.7. The summed E-state index contributed by atoms with van der Waals surface area (Å²) in [5.74, 6) is -2.90. The number of imide groups is 1. The van der Waals surface area contributed by atoms with Gasteiger partial charge in [-0.05, 0) is 47.4 Å². The van der Waals surface area contributed by atoms with E-state index in [2.05, 4.69) is 10.6 Å². The fraction of sp³-hybridized carbons (Fsp3) is 0.207. The summed E-state index contributed by atoms with van der Waals surface area (Å²) in [6.07, 6.45) is 0.334. The van der Waals surface area contributed by atoms with E-state index in [9.17, 15) is 24.0 Å². The Labute approximate surface area is 230 Å². The van der Waals surface area contributed by atoms with Crippen molar-refractivity contribution < 1.29 is 29.2 Å². The van der Waals surface area contributed by atoms with Gasteiger partial charge in [0.15, 0.2) is 0 Å². The molecule has 206 valence electrons. The van der Waals surface area contributed by atoms with Gasteiger partial charge in [-0.2, -0.15) is 0 Å². The van der Waals surface area contributed by atoms with E-state index in [0.29, 0.717) is 12.1 Å². The van der Waals surface area contributed by atoms with E-state index in [-0.39, 0.29) is 43.0 Å². The molecule has 1 aliphatic heterocycles. The molecule has 1 heterocycles. The lowest BCUT2D eigenvalue weighted by Gasteiger charge is -2.19. The molecule has 1 atom stereocenters. The van der Waals surface area contributed by atoms with Crippen molar-refractivity contribution in [3.63, 3.8) is 0 Å². The van der Waals surface area contributed by atoms with E-state index >= 15 is 0 Å². The zero-order valence-corrected chi connectivity index (χ0v) is 21.6. The maximum Gasteiger partial charge on any atom is 0.267 e. The molecule has 40 heavy (non-hydrogen) atoms. The zero-order valence-electron chi connectivity index (χ0n) is 21.6. The van der Waals surface area contributed by atoms with Gasteiger partial charge in [0, 0.05) is 31.6 Å². The third-order valence-corrected chi connectivity index (χ3v) is 6.54. The average Bonchev–Trinajstić information content (AvgIpc) is 3.22. The molecule has 0 saturated heterocycles. The summed E-state index contributed by atoms with van der Waals surface area (Å²) in [4.78, 5) is 62.8. The van der Waals surface area contributed by atoms with Crippen LogP contribution in [-0.2, 0) is 20.8 Å². The predicted molar refractivity (Wildman–Crippen MR) is 146 cm³/mol. The van der Waals surface area contributed by atoms with Gasteiger partial charge in [0.05, 0.1) is 11.1 Å². The van der Waals surface area contributed by atoms with Crippen LogP contribution in [0, 0.1) is 0 Å². The number of nitrogens with two attached hydrogens (primary N) is 1. The minimum absolute atomic E-state index is 0.141. The van der Waals surface area contributed by atoms with Crippen LogP contribution in [0.3, 0.4) is 0 Å². The fourth-order valence-electron chi connectivity index (χ4n) is 4.31. The van der Waals surface area contributed by atoms with Crippen molar-refractivity contribution in [2.24, 2.45) is 0 Å². The van der Waals surface area contributed by atoms with Gasteiger partial charge in [-0.1, -0.05) is 48.5 Å². The molecule has 6 N–H and O–H groups in total. The summed E-state index contributed by atoms with van der Waals surface area (Å²) in [6.45, 7) is -0.449. The summed E-state index contributed by atoms with van der Waals surface area (Å²) in [7, 11) is 0. The van der Waals surface area contributed by atoms with Gasteiger partial charge >= 0.3 is 0 Å². The van der Waals surface area contributed by atoms with Crippen LogP contribution in [0.2, 0.25) is 0 Å². The lowest BCUT2D eigenvalue weighted by Crippen LogP contribution is -2.52. The van der Waals surface area contributed by atoms with Gasteiger partial charge in [0.25, 0.3) is 17.7 Å². The van der Waals surface area contributed by atoms with Crippen molar-refractivity contribution in [1.29, 1.82) is 0 Å². The summed E-state index contributed by atoms with van der Waals surface area (Å²) >= 11 is 0. The van der Waals surface area contributed by atoms with Crippen LogP contribution in [0.15, 0.2) is 72.8 Å². The number of hydroxylamine groups is 1. The van der Waals surface area contributed by atoms with Gasteiger partial charge in [0.2, 0.25) is 11.8 Å². The number of aryl methyl sites for hydroxylation is 1. The zero-order chi connectivity index (χ0) is 28.6. The van der Waals surface area contributed by atoms with Gasteiger partial charge in [-0.15, -0.1) is 0 Å². The summed E-state index contributed by atoms with van der Waals surface area (Å²) < 4.78 is 0. The molecule has 3 aromatic rings. The standard InChI is InChI=1S/C29H29N5O6/c30-21-12-10-20(11-13-21)19-8-5-18(6-9-19)7-14-25(35)31-17-24(27(37)33-40)32-26(36)15-16-34-28(38)22-3-1-2-4-23(22)29(34)39/h1-6,8-13,24,40H,7,14-17,30H2,(H,31,35)(H,32,36)(H,33,37)/t24-/m0/s1. The number of benzene rings is 3. The Balaban J connectivity index is 1.23. The Bertz CT molecular complexity index is 1390. The van der Waals surface area contributed by atoms with Crippen molar-refractivity contribution in [2.75, 3.05) is 18.8 Å². The highest BCUT2D eigenvalue weighted by Gasteiger charge is 2.35. The van der Waals surface area contributed by atoms with E-state index < -0.39 is 29.7 Å². The third kappa shape index (κ3) is 6.69. The number of amides is 5. The van der Waals surface area contributed by atoms with Crippen molar-refractivity contribution in [2.45, 2.75) is 25.3 Å². The molecule has 1 aliphatic rings. The topological polar surface area (TPSA) is 171 Å². The number of carbonyl (C=O) groups excluding carboxylic acids is 5. The van der Waals surface area contributed by atoms with Crippen LogP contribution in [0.5, 0.6) is 0 Å². The number of nitrogens with zero attached hydrogens (tertiary/aromatic N) is 1. The molecule has 0 aromatic heterocycles. The van der Waals surface area contributed by atoms with Crippen LogP contribution in [0.1, 0.15) is 39.1 Å². The first-order chi connectivity index (χ1) is 19.3. The van der Waals surface area contributed by atoms with E-state index in [1.54, 1.807) is 12.1 Å². The number of anilines is 1. The van der Waals surface area contributed by atoms with Gasteiger partial charge < -0.3 is 16.4 Å². The molecular weight excluding hydrogens is 514 g/mol. The normalized spacial score (nSPS) is 13.0. The molecule has 3 aromatic carbocycles. The smallest absolute Gasteiger partial charge is 0.267 e. The summed E-state index contributed by atoms with van der Waals surface area (Å²) in [5, 5.41) is 14.1. The second-order valence-electron chi connectivity index (χ2n) is 9.28. The van der Waals surface area contributed by atoms with Crippen LogP contribution in [0.4, 0.5) is 5.69 Å². The summed E-state index contributed by atoms with van der Waals surface area (Å²) in [5.41, 5.74) is 11.4. The van der Waals surface area contributed by atoms with E-state index in [1.165, 1.54) is 17.6 Å². The Hall–Kier alpha value is -5.03. The first kappa shape index (κ1) is 28.0. The van der Waals surface area contributed by atoms with Crippen LogP contribution < -0.4 is 21.8 Å². The molecule has 0 unspecified atom stereocenters. The molecule has 0 aliphatic carbocycles. The molecule has 5 amide bonds. The van der Waals surface area contributed by atoms with Crippen molar-refractivity contribution >= 4 is 35.2 Å². The fourth-order valence-corrected chi connectivity index (χ4v) is 4.31. The minimum Gasteiger partial charge on any atom is -0.399 e. The van der Waals surface area contributed by atoms with Crippen LogP contribution in [-0.4, -0.2) is 58.8 Å². The second kappa shape index (κ2) is 12.7. The minimum atomic E-state index is -1.26. The molecule has 11 nitrogen and oxygen atoms in total. The van der Waals surface area contributed by atoms with Crippen molar-refractivity contribution in [1.82, 2.24) is 21.0 Å². The first-order valence-electron chi connectivity index (χ1n) is 12.7. The van der Waals surface area contributed by atoms with E-state index in [4.69, 9.17) is 10.9 Å². The lowest BCUT2D eigenvalue weighted by molar-refractivity contribution is -0.135. The quantitative estimate of drug-likeness (QED) is 0.106. The molecule has 0 spiro atoms. The Morgan fingerprint density at radius 1 is 0.800 bits per heavy atom. The van der Waals surface area contributed by atoms with Gasteiger partial charge in [-0.3, -0.25) is 34.1 Å². The number of fused-ring (bicyclic) bond motifs is 1. The average molecular weight is 544 g/mol. The number of hydrogen-bond donors (Lipinski definition) is 5.